The maximum atomic E-state index is 2.34. The largest absolute Gasteiger partial charge is 0.0718 e. The van der Waals surface area contributed by atoms with Gasteiger partial charge in [-0.2, -0.15) is 0 Å². The van der Waals surface area contributed by atoms with Crippen LogP contribution < -0.4 is 0 Å². The lowest BCUT2D eigenvalue weighted by Gasteiger charge is -2.37. The van der Waals surface area contributed by atoms with Crippen molar-refractivity contribution in [1.82, 2.24) is 0 Å². The van der Waals surface area contributed by atoms with Gasteiger partial charge >= 0.3 is 0 Å². The maximum absolute atomic E-state index is 2.34. The van der Waals surface area contributed by atoms with E-state index in [0.29, 0.717) is 0 Å². The molecule has 0 saturated carbocycles. The summed E-state index contributed by atoms with van der Waals surface area (Å²) in [7, 11) is 0. The van der Waals surface area contributed by atoms with E-state index in [1.807, 2.05) is 0 Å². The van der Waals surface area contributed by atoms with Crippen LogP contribution in [0.1, 0.15) is 44.5 Å². The Balaban J connectivity index is 2.04. The second kappa shape index (κ2) is 6.46. The lowest BCUT2D eigenvalue weighted by molar-refractivity contribution is 0.751. The average molecular weight is 375 g/mol. The fourth-order valence-electron chi connectivity index (χ4n) is 5.28. The molecule has 4 aromatic rings. The van der Waals surface area contributed by atoms with Crippen LogP contribution in [0.4, 0.5) is 0 Å². The Labute approximate surface area is 173 Å². The van der Waals surface area contributed by atoms with Crippen molar-refractivity contribution in [3.05, 3.63) is 129 Å². The zero-order chi connectivity index (χ0) is 20.2. The quantitative estimate of drug-likeness (QED) is 0.304. The highest BCUT2D eigenvalue weighted by Crippen LogP contribution is 2.57. The molecule has 142 valence electrons. The third kappa shape index (κ3) is 2.32. The van der Waals surface area contributed by atoms with Crippen LogP contribution in [0.5, 0.6) is 0 Å². The normalized spacial score (nSPS) is 13.8. The SMILES string of the molecule is Cc1cccc(C2(c3cccc(C)c3C)c3ccccc3-c3ccccc32)c1C. The van der Waals surface area contributed by atoms with Crippen LogP contribution in [0.2, 0.25) is 0 Å². The minimum Gasteiger partial charge on any atom is -0.0619 e. The van der Waals surface area contributed by atoms with E-state index >= 15 is 0 Å². The van der Waals surface area contributed by atoms with Gasteiger partial charge in [-0.3, -0.25) is 0 Å². The van der Waals surface area contributed by atoms with Crippen molar-refractivity contribution in [2.24, 2.45) is 0 Å². The van der Waals surface area contributed by atoms with Gasteiger partial charge in [0.15, 0.2) is 0 Å². The first-order valence-electron chi connectivity index (χ1n) is 10.4. The lowest BCUT2D eigenvalue weighted by Crippen LogP contribution is -2.31. The monoisotopic (exact) mass is 374 g/mol. The number of hydrogen-bond acceptors (Lipinski definition) is 0. The Morgan fingerprint density at radius 2 is 0.793 bits per heavy atom. The van der Waals surface area contributed by atoms with Crippen LogP contribution in [0.3, 0.4) is 0 Å². The highest BCUT2D eigenvalue weighted by atomic mass is 14.5. The van der Waals surface area contributed by atoms with Crippen molar-refractivity contribution in [2.75, 3.05) is 0 Å². The van der Waals surface area contributed by atoms with Crippen LogP contribution in [0.25, 0.3) is 11.1 Å². The van der Waals surface area contributed by atoms with E-state index in [0.717, 1.165) is 0 Å². The molecule has 29 heavy (non-hydrogen) atoms. The first-order chi connectivity index (χ1) is 14.1. The van der Waals surface area contributed by atoms with Gasteiger partial charge in [-0.25, -0.2) is 0 Å². The molecule has 0 heteroatoms. The molecule has 0 bridgehead atoms. The summed E-state index contributed by atoms with van der Waals surface area (Å²) in [4.78, 5) is 0. The fourth-order valence-corrected chi connectivity index (χ4v) is 5.28. The summed E-state index contributed by atoms with van der Waals surface area (Å²) in [6, 6.07) is 31.5. The lowest BCUT2D eigenvalue weighted by atomic mass is 9.64. The molecule has 0 fully saturated rings. The summed E-state index contributed by atoms with van der Waals surface area (Å²) in [5.41, 5.74) is 13.4. The Bertz CT molecular complexity index is 1140. The van der Waals surface area contributed by atoms with Gasteiger partial charge in [-0.15, -0.1) is 0 Å². The molecular formula is C29H26. The third-order valence-corrected chi connectivity index (χ3v) is 6.97. The minimum absolute atomic E-state index is 0.292. The number of fused-ring (bicyclic) bond motifs is 3. The van der Waals surface area contributed by atoms with Crippen molar-refractivity contribution < 1.29 is 0 Å². The topological polar surface area (TPSA) is 0 Å². The summed E-state index contributed by atoms with van der Waals surface area (Å²) in [6.07, 6.45) is 0. The molecule has 0 amide bonds. The summed E-state index contributed by atoms with van der Waals surface area (Å²) in [6.45, 7) is 9.01. The highest BCUT2D eigenvalue weighted by Gasteiger charge is 2.47. The number of benzene rings is 4. The van der Waals surface area contributed by atoms with Gasteiger partial charge in [0.25, 0.3) is 0 Å². The first-order valence-corrected chi connectivity index (χ1v) is 10.4. The van der Waals surface area contributed by atoms with Crippen molar-refractivity contribution >= 4 is 0 Å². The summed E-state index contributed by atoms with van der Waals surface area (Å²) < 4.78 is 0. The standard InChI is InChI=1S/C29H26/c1-19-11-9-17-25(21(19)3)29(26-18-10-12-20(2)22(26)4)27-15-7-5-13-23(27)24-14-6-8-16-28(24)29/h5-18H,1-4H3. The molecule has 0 N–H and O–H groups in total. The molecular weight excluding hydrogens is 348 g/mol. The van der Waals surface area contributed by atoms with E-state index in [1.165, 1.54) is 55.6 Å². The number of rotatable bonds is 2. The summed E-state index contributed by atoms with van der Waals surface area (Å²) >= 11 is 0. The van der Waals surface area contributed by atoms with Crippen LogP contribution in [-0.4, -0.2) is 0 Å². The Hall–Kier alpha value is -3.12. The van der Waals surface area contributed by atoms with Gasteiger partial charge < -0.3 is 0 Å². The Morgan fingerprint density at radius 3 is 1.24 bits per heavy atom. The molecule has 0 aliphatic heterocycles. The second-order valence-electron chi connectivity index (χ2n) is 8.34. The molecule has 0 radical (unpaired) electrons. The van der Waals surface area contributed by atoms with E-state index in [2.05, 4.69) is 113 Å². The van der Waals surface area contributed by atoms with Gasteiger partial charge in [-0.05, 0) is 83.3 Å². The zero-order valence-corrected chi connectivity index (χ0v) is 17.6. The van der Waals surface area contributed by atoms with Crippen LogP contribution in [0, 0.1) is 27.7 Å². The first kappa shape index (κ1) is 17.9. The zero-order valence-electron chi connectivity index (χ0n) is 17.6. The van der Waals surface area contributed by atoms with Crippen molar-refractivity contribution in [1.29, 1.82) is 0 Å². The predicted octanol–water partition coefficient (Wildman–Crippen LogP) is 7.28. The molecule has 0 nitrogen and oxygen atoms in total. The number of hydrogen-bond donors (Lipinski definition) is 0. The second-order valence-corrected chi connectivity index (χ2v) is 8.34. The Kier molecular flexibility index (Phi) is 3.99. The molecule has 4 aromatic carbocycles. The summed E-state index contributed by atoms with van der Waals surface area (Å²) in [5, 5.41) is 0. The van der Waals surface area contributed by atoms with E-state index in [1.54, 1.807) is 0 Å². The van der Waals surface area contributed by atoms with E-state index in [4.69, 9.17) is 0 Å². The third-order valence-electron chi connectivity index (χ3n) is 6.97. The highest BCUT2D eigenvalue weighted by molar-refractivity contribution is 5.87. The number of aryl methyl sites for hydroxylation is 2. The molecule has 0 heterocycles. The smallest absolute Gasteiger partial charge is 0.0619 e. The molecule has 1 aliphatic carbocycles. The average Bonchev–Trinajstić information content (AvgIpc) is 3.04. The molecule has 0 saturated heterocycles. The van der Waals surface area contributed by atoms with Gasteiger partial charge in [0.05, 0.1) is 5.41 Å². The van der Waals surface area contributed by atoms with E-state index in [-0.39, 0.29) is 5.41 Å². The fraction of sp³-hybridized carbons (Fsp3) is 0.172. The van der Waals surface area contributed by atoms with Crippen molar-refractivity contribution in [3.8, 4) is 11.1 Å². The molecule has 0 unspecified atom stereocenters. The van der Waals surface area contributed by atoms with Crippen molar-refractivity contribution in [3.63, 3.8) is 0 Å². The van der Waals surface area contributed by atoms with Gasteiger partial charge in [0, 0.05) is 0 Å². The summed E-state index contributed by atoms with van der Waals surface area (Å²) in [5.74, 6) is 0. The van der Waals surface area contributed by atoms with Crippen LogP contribution >= 0.6 is 0 Å². The maximum Gasteiger partial charge on any atom is 0.0718 e. The molecule has 0 spiro atoms. The molecule has 0 atom stereocenters. The van der Waals surface area contributed by atoms with Gasteiger partial charge in [0.1, 0.15) is 0 Å². The minimum atomic E-state index is -0.292. The van der Waals surface area contributed by atoms with Gasteiger partial charge in [-0.1, -0.05) is 84.9 Å². The van der Waals surface area contributed by atoms with Gasteiger partial charge in [0.2, 0.25) is 0 Å². The Morgan fingerprint density at radius 1 is 0.414 bits per heavy atom. The molecule has 5 rings (SSSR count). The van der Waals surface area contributed by atoms with E-state index in [9.17, 15) is 0 Å². The van der Waals surface area contributed by atoms with Crippen molar-refractivity contribution in [2.45, 2.75) is 33.1 Å². The molecule has 1 aliphatic rings. The molecule has 0 aromatic heterocycles. The van der Waals surface area contributed by atoms with E-state index < -0.39 is 0 Å². The predicted molar refractivity (Wildman–Crippen MR) is 123 cm³/mol. The van der Waals surface area contributed by atoms with Crippen LogP contribution in [0.15, 0.2) is 84.9 Å². The van der Waals surface area contributed by atoms with Crippen LogP contribution in [-0.2, 0) is 5.41 Å².